The van der Waals surface area contributed by atoms with Gasteiger partial charge in [-0.15, -0.1) is 0 Å². The molecular formula is C22H21BrN2O5. The van der Waals surface area contributed by atoms with Crippen LogP contribution >= 0.6 is 15.9 Å². The number of aryl methyl sites for hydroxylation is 1. The fourth-order valence-corrected chi connectivity index (χ4v) is 3.52. The van der Waals surface area contributed by atoms with Gasteiger partial charge in [0, 0.05) is 27.1 Å². The summed E-state index contributed by atoms with van der Waals surface area (Å²) in [6.45, 7) is 4.81. The topological polar surface area (TPSA) is 90.5 Å². The standard InChI is InChI=1S/C22H21BrN2O5/c1-13-10-18(15(3)25(13)17-7-4-6-16(23)11-17)19(26)12-30-22(28)14(2)24-21(27)20-8-5-9-29-20/h4-11,14H,12H2,1-3H3,(H,24,27)/t14-/m0/s1. The van der Waals surface area contributed by atoms with Gasteiger partial charge >= 0.3 is 5.97 Å². The molecule has 0 radical (unpaired) electrons. The quantitative estimate of drug-likeness (QED) is 0.414. The summed E-state index contributed by atoms with van der Waals surface area (Å²) in [7, 11) is 0. The molecule has 0 aliphatic carbocycles. The molecule has 0 saturated heterocycles. The number of esters is 1. The van der Waals surface area contributed by atoms with E-state index in [0.717, 1.165) is 21.5 Å². The molecule has 8 heteroatoms. The van der Waals surface area contributed by atoms with Crippen molar-refractivity contribution in [3.63, 3.8) is 0 Å². The van der Waals surface area contributed by atoms with Crippen molar-refractivity contribution in [2.75, 3.05) is 6.61 Å². The van der Waals surface area contributed by atoms with Crippen LogP contribution in [0.2, 0.25) is 0 Å². The van der Waals surface area contributed by atoms with Crippen molar-refractivity contribution >= 4 is 33.6 Å². The smallest absolute Gasteiger partial charge is 0.328 e. The summed E-state index contributed by atoms with van der Waals surface area (Å²) in [5, 5.41) is 2.47. The molecule has 156 valence electrons. The molecule has 2 aromatic heterocycles. The van der Waals surface area contributed by atoms with Gasteiger partial charge in [0.25, 0.3) is 5.91 Å². The SMILES string of the molecule is Cc1cc(C(=O)COC(=O)[C@H](C)NC(=O)c2ccco2)c(C)n1-c1cccc(Br)c1. The summed E-state index contributed by atoms with van der Waals surface area (Å²) >= 11 is 3.45. The second-order valence-electron chi connectivity index (χ2n) is 6.80. The Bertz CT molecular complexity index is 1090. The van der Waals surface area contributed by atoms with E-state index in [0.29, 0.717) is 5.56 Å². The van der Waals surface area contributed by atoms with Crippen LogP contribution in [0.25, 0.3) is 5.69 Å². The number of benzene rings is 1. The first-order valence-electron chi connectivity index (χ1n) is 9.27. The number of furan rings is 1. The van der Waals surface area contributed by atoms with E-state index in [1.165, 1.54) is 19.3 Å². The van der Waals surface area contributed by atoms with Gasteiger partial charge in [0.15, 0.2) is 12.4 Å². The van der Waals surface area contributed by atoms with Gasteiger partial charge in [-0.25, -0.2) is 4.79 Å². The van der Waals surface area contributed by atoms with Gasteiger partial charge in [-0.05, 0) is 57.2 Å². The van der Waals surface area contributed by atoms with Crippen LogP contribution in [0, 0.1) is 13.8 Å². The van der Waals surface area contributed by atoms with Crippen LogP contribution in [0.5, 0.6) is 0 Å². The summed E-state index contributed by atoms with van der Waals surface area (Å²) in [6.07, 6.45) is 1.36. The molecule has 1 N–H and O–H groups in total. The number of ketones is 1. The second-order valence-corrected chi connectivity index (χ2v) is 7.72. The highest BCUT2D eigenvalue weighted by Crippen LogP contribution is 2.23. The van der Waals surface area contributed by atoms with Crippen LogP contribution in [0.3, 0.4) is 0 Å². The van der Waals surface area contributed by atoms with Gasteiger partial charge in [-0.1, -0.05) is 22.0 Å². The number of ether oxygens (including phenoxy) is 1. The zero-order chi connectivity index (χ0) is 21.8. The minimum Gasteiger partial charge on any atom is -0.459 e. The molecule has 30 heavy (non-hydrogen) atoms. The fraction of sp³-hybridized carbons (Fsp3) is 0.227. The van der Waals surface area contributed by atoms with Gasteiger partial charge in [-0.2, -0.15) is 0 Å². The molecule has 2 heterocycles. The van der Waals surface area contributed by atoms with Crippen molar-refractivity contribution in [1.82, 2.24) is 9.88 Å². The Morgan fingerprint density at radius 2 is 1.93 bits per heavy atom. The molecule has 0 spiro atoms. The number of hydrogen-bond acceptors (Lipinski definition) is 5. The molecule has 0 unspecified atom stereocenters. The van der Waals surface area contributed by atoms with Crippen LogP contribution in [0.1, 0.15) is 39.2 Å². The molecule has 0 aliphatic rings. The zero-order valence-electron chi connectivity index (χ0n) is 16.8. The second kappa shape index (κ2) is 9.13. The van der Waals surface area contributed by atoms with Crippen LogP contribution in [-0.2, 0) is 9.53 Å². The van der Waals surface area contributed by atoms with Crippen molar-refractivity contribution < 1.29 is 23.5 Å². The third kappa shape index (κ3) is 4.71. The lowest BCUT2D eigenvalue weighted by Gasteiger charge is -2.12. The Labute approximate surface area is 182 Å². The number of carbonyl (C=O) groups excluding carboxylic acids is 3. The number of nitrogens with one attached hydrogen (secondary N) is 1. The van der Waals surface area contributed by atoms with Gasteiger partial charge < -0.3 is 19.0 Å². The maximum absolute atomic E-state index is 12.7. The van der Waals surface area contributed by atoms with E-state index in [1.54, 1.807) is 12.1 Å². The minimum absolute atomic E-state index is 0.0886. The number of amides is 1. The van der Waals surface area contributed by atoms with Crippen LogP contribution in [0.15, 0.2) is 57.6 Å². The molecule has 0 fully saturated rings. The highest BCUT2D eigenvalue weighted by Gasteiger charge is 2.22. The number of rotatable bonds is 7. The number of halogens is 1. The summed E-state index contributed by atoms with van der Waals surface area (Å²) in [4.78, 5) is 36.8. The number of carbonyl (C=O) groups is 3. The van der Waals surface area contributed by atoms with E-state index < -0.39 is 24.5 Å². The molecule has 7 nitrogen and oxygen atoms in total. The Balaban J connectivity index is 1.64. The Morgan fingerprint density at radius 1 is 1.17 bits per heavy atom. The van der Waals surface area contributed by atoms with Crippen LogP contribution in [-0.4, -0.2) is 34.9 Å². The lowest BCUT2D eigenvalue weighted by atomic mass is 10.1. The molecular weight excluding hydrogens is 452 g/mol. The van der Waals surface area contributed by atoms with Crippen molar-refractivity contribution in [3.05, 3.63) is 75.9 Å². The molecule has 1 atom stereocenters. The van der Waals surface area contributed by atoms with Crippen molar-refractivity contribution in [2.24, 2.45) is 0 Å². The third-order valence-electron chi connectivity index (χ3n) is 4.59. The van der Waals surface area contributed by atoms with E-state index in [9.17, 15) is 14.4 Å². The van der Waals surface area contributed by atoms with Crippen LogP contribution < -0.4 is 5.32 Å². The number of aromatic nitrogens is 1. The van der Waals surface area contributed by atoms with E-state index in [1.807, 2.05) is 42.7 Å². The maximum Gasteiger partial charge on any atom is 0.328 e. The molecule has 0 bridgehead atoms. The molecule has 0 saturated carbocycles. The summed E-state index contributed by atoms with van der Waals surface area (Å²) < 4.78 is 13.0. The van der Waals surface area contributed by atoms with Crippen molar-refractivity contribution in [3.8, 4) is 5.69 Å². The first-order valence-corrected chi connectivity index (χ1v) is 10.1. The average molecular weight is 473 g/mol. The molecule has 1 aromatic carbocycles. The Kier molecular flexibility index (Phi) is 6.56. The van der Waals surface area contributed by atoms with Gasteiger partial charge in [0.1, 0.15) is 6.04 Å². The van der Waals surface area contributed by atoms with E-state index in [-0.39, 0.29) is 11.5 Å². The predicted octanol–water partition coefficient (Wildman–Crippen LogP) is 3.99. The fourth-order valence-electron chi connectivity index (χ4n) is 3.13. The summed E-state index contributed by atoms with van der Waals surface area (Å²) in [5.41, 5.74) is 3.04. The number of nitrogens with zero attached hydrogens (tertiary/aromatic N) is 1. The first kappa shape index (κ1) is 21.6. The van der Waals surface area contributed by atoms with Crippen molar-refractivity contribution in [1.29, 1.82) is 0 Å². The number of Topliss-reactive ketones (excluding diaryl/α,β-unsaturated/α-hetero) is 1. The summed E-state index contributed by atoms with van der Waals surface area (Å²) in [5.74, 6) is -1.47. The monoisotopic (exact) mass is 472 g/mol. The number of hydrogen-bond donors (Lipinski definition) is 1. The van der Waals surface area contributed by atoms with E-state index in [4.69, 9.17) is 9.15 Å². The first-order chi connectivity index (χ1) is 14.3. The lowest BCUT2D eigenvalue weighted by molar-refractivity contribution is -0.144. The Morgan fingerprint density at radius 3 is 2.60 bits per heavy atom. The zero-order valence-corrected chi connectivity index (χ0v) is 18.4. The van der Waals surface area contributed by atoms with Gasteiger partial charge in [0.2, 0.25) is 5.78 Å². The minimum atomic E-state index is -0.926. The van der Waals surface area contributed by atoms with Crippen molar-refractivity contribution in [2.45, 2.75) is 26.8 Å². The molecule has 1 amide bonds. The highest BCUT2D eigenvalue weighted by molar-refractivity contribution is 9.10. The Hall–Kier alpha value is -3.13. The van der Waals surface area contributed by atoms with E-state index >= 15 is 0 Å². The molecule has 0 aliphatic heterocycles. The predicted molar refractivity (Wildman–Crippen MR) is 114 cm³/mol. The van der Waals surface area contributed by atoms with Crippen LogP contribution in [0.4, 0.5) is 0 Å². The molecule has 3 rings (SSSR count). The summed E-state index contributed by atoms with van der Waals surface area (Å²) in [6, 6.07) is 11.6. The highest BCUT2D eigenvalue weighted by atomic mass is 79.9. The lowest BCUT2D eigenvalue weighted by Crippen LogP contribution is -2.40. The normalized spacial score (nSPS) is 11.7. The average Bonchev–Trinajstić information content (AvgIpc) is 3.34. The van der Waals surface area contributed by atoms with Gasteiger partial charge in [-0.3, -0.25) is 9.59 Å². The van der Waals surface area contributed by atoms with Gasteiger partial charge in [0.05, 0.1) is 6.26 Å². The van der Waals surface area contributed by atoms with E-state index in [2.05, 4.69) is 21.2 Å². The third-order valence-corrected chi connectivity index (χ3v) is 5.08. The largest absolute Gasteiger partial charge is 0.459 e. The molecule has 3 aromatic rings. The maximum atomic E-state index is 12.7.